The van der Waals surface area contributed by atoms with Crippen LogP contribution in [0.15, 0.2) is 0 Å². The molecule has 102 valence electrons. The third kappa shape index (κ3) is 4.47. The summed E-state index contributed by atoms with van der Waals surface area (Å²) in [6.45, 7) is 1.68. The van der Waals surface area contributed by atoms with E-state index in [0.717, 1.165) is 32.1 Å². The number of rotatable bonds is 6. The molecule has 0 heterocycles. The van der Waals surface area contributed by atoms with Crippen molar-refractivity contribution in [2.75, 3.05) is 0 Å². The van der Waals surface area contributed by atoms with Crippen LogP contribution >= 0.6 is 0 Å². The van der Waals surface area contributed by atoms with Crippen LogP contribution in [0.1, 0.15) is 51.9 Å². The SMILES string of the molecule is CCC(=O)CC(NC(=O)C1CCCCC1)C(=O)O. The van der Waals surface area contributed by atoms with Crippen LogP contribution in [0.2, 0.25) is 0 Å². The Kier molecular flexibility index (Phi) is 5.82. The number of ketones is 1. The zero-order valence-corrected chi connectivity index (χ0v) is 10.8. The first kappa shape index (κ1) is 14.7. The first-order valence-electron chi connectivity index (χ1n) is 6.59. The quantitative estimate of drug-likeness (QED) is 0.753. The van der Waals surface area contributed by atoms with E-state index in [0.29, 0.717) is 6.42 Å². The van der Waals surface area contributed by atoms with E-state index < -0.39 is 12.0 Å². The molecule has 1 rings (SSSR count). The number of amides is 1. The van der Waals surface area contributed by atoms with Crippen LogP contribution < -0.4 is 5.32 Å². The summed E-state index contributed by atoms with van der Waals surface area (Å²) in [7, 11) is 0. The highest BCUT2D eigenvalue weighted by Crippen LogP contribution is 2.23. The molecule has 5 nitrogen and oxygen atoms in total. The molecule has 5 heteroatoms. The van der Waals surface area contributed by atoms with Gasteiger partial charge in [0, 0.05) is 18.8 Å². The van der Waals surface area contributed by atoms with Gasteiger partial charge in [-0.2, -0.15) is 0 Å². The zero-order chi connectivity index (χ0) is 13.5. The van der Waals surface area contributed by atoms with Gasteiger partial charge in [-0.25, -0.2) is 4.79 Å². The molecule has 1 aliphatic rings. The molecule has 0 radical (unpaired) electrons. The molecule has 0 aromatic rings. The number of hydrogen-bond acceptors (Lipinski definition) is 3. The fourth-order valence-corrected chi connectivity index (χ4v) is 2.23. The van der Waals surface area contributed by atoms with E-state index in [1.165, 1.54) is 0 Å². The number of aliphatic carboxylic acids is 1. The number of carbonyl (C=O) groups excluding carboxylic acids is 2. The summed E-state index contributed by atoms with van der Waals surface area (Å²) in [4.78, 5) is 34.2. The molecule has 18 heavy (non-hydrogen) atoms. The van der Waals surface area contributed by atoms with Crippen molar-refractivity contribution in [2.45, 2.75) is 57.9 Å². The van der Waals surface area contributed by atoms with Gasteiger partial charge in [-0.15, -0.1) is 0 Å². The molecule has 0 aromatic heterocycles. The fraction of sp³-hybridized carbons (Fsp3) is 0.769. The summed E-state index contributed by atoms with van der Waals surface area (Å²) in [6, 6.07) is -1.08. The van der Waals surface area contributed by atoms with E-state index in [1.807, 2.05) is 0 Å². The van der Waals surface area contributed by atoms with Crippen molar-refractivity contribution in [1.82, 2.24) is 5.32 Å². The Labute approximate surface area is 107 Å². The Morgan fingerprint density at radius 3 is 2.33 bits per heavy atom. The number of nitrogens with one attached hydrogen (secondary N) is 1. The van der Waals surface area contributed by atoms with Crippen molar-refractivity contribution in [3.8, 4) is 0 Å². The van der Waals surface area contributed by atoms with Gasteiger partial charge < -0.3 is 10.4 Å². The van der Waals surface area contributed by atoms with Crippen molar-refractivity contribution >= 4 is 17.7 Å². The lowest BCUT2D eigenvalue weighted by atomic mass is 9.88. The first-order valence-corrected chi connectivity index (χ1v) is 6.59. The third-order valence-electron chi connectivity index (χ3n) is 3.42. The summed E-state index contributed by atoms with van der Waals surface area (Å²) in [5.74, 6) is -1.59. The molecule has 0 aromatic carbocycles. The van der Waals surface area contributed by atoms with Crippen LogP contribution in [-0.4, -0.2) is 28.8 Å². The maximum Gasteiger partial charge on any atom is 0.326 e. The van der Waals surface area contributed by atoms with Gasteiger partial charge in [0.2, 0.25) is 5.91 Å². The van der Waals surface area contributed by atoms with E-state index in [1.54, 1.807) is 6.92 Å². The van der Waals surface area contributed by atoms with E-state index in [4.69, 9.17) is 5.11 Å². The standard InChI is InChI=1S/C13H21NO4/c1-2-10(15)8-11(13(17)18)14-12(16)9-6-4-3-5-7-9/h9,11H,2-8H2,1H3,(H,14,16)(H,17,18). The molecule has 0 saturated heterocycles. The Bertz CT molecular complexity index is 321. The Hall–Kier alpha value is -1.39. The second kappa shape index (κ2) is 7.13. The number of carbonyl (C=O) groups is 3. The van der Waals surface area contributed by atoms with E-state index in [9.17, 15) is 14.4 Å². The Morgan fingerprint density at radius 1 is 1.22 bits per heavy atom. The van der Waals surface area contributed by atoms with Gasteiger partial charge in [0.15, 0.2) is 0 Å². The maximum absolute atomic E-state index is 11.9. The molecule has 1 atom stereocenters. The van der Waals surface area contributed by atoms with Crippen LogP contribution in [-0.2, 0) is 14.4 Å². The fourth-order valence-electron chi connectivity index (χ4n) is 2.23. The largest absolute Gasteiger partial charge is 0.480 e. The van der Waals surface area contributed by atoms with Crippen molar-refractivity contribution < 1.29 is 19.5 Å². The highest BCUT2D eigenvalue weighted by Gasteiger charge is 2.27. The second-order valence-electron chi connectivity index (χ2n) is 4.83. The predicted octanol–water partition coefficient (Wildman–Crippen LogP) is 1.51. The number of carboxylic acids is 1. The number of Topliss-reactive ketones (excluding diaryl/α,β-unsaturated/α-hetero) is 1. The van der Waals surface area contributed by atoms with Gasteiger partial charge in [-0.3, -0.25) is 9.59 Å². The highest BCUT2D eigenvalue weighted by molar-refractivity contribution is 5.89. The molecule has 1 amide bonds. The van der Waals surface area contributed by atoms with Crippen molar-refractivity contribution in [3.63, 3.8) is 0 Å². The van der Waals surface area contributed by atoms with Crippen LogP contribution in [0.3, 0.4) is 0 Å². The third-order valence-corrected chi connectivity index (χ3v) is 3.42. The van der Waals surface area contributed by atoms with Gasteiger partial charge in [0.1, 0.15) is 11.8 Å². The van der Waals surface area contributed by atoms with Gasteiger partial charge in [-0.05, 0) is 12.8 Å². The molecule has 0 bridgehead atoms. The van der Waals surface area contributed by atoms with Crippen LogP contribution in [0.25, 0.3) is 0 Å². The molecular weight excluding hydrogens is 234 g/mol. The summed E-state index contributed by atoms with van der Waals surface area (Å²) in [6.07, 6.45) is 4.99. The topological polar surface area (TPSA) is 83.5 Å². The van der Waals surface area contributed by atoms with Crippen molar-refractivity contribution in [1.29, 1.82) is 0 Å². The molecule has 1 saturated carbocycles. The minimum Gasteiger partial charge on any atom is -0.480 e. The van der Waals surface area contributed by atoms with E-state index >= 15 is 0 Å². The minimum absolute atomic E-state index is 0.0858. The lowest BCUT2D eigenvalue weighted by molar-refractivity contribution is -0.144. The number of carboxylic acid groups (broad SMARTS) is 1. The maximum atomic E-state index is 11.9. The van der Waals surface area contributed by atoms with E-state index in [2.05, 4.69) is 5.32 Å². The molecule has 0 aliphatic heterocycles. The second-order valence-corrected chi connectivity index (χ2v) is 4.83. The summed E-state index contributed by atoms with van der Waals surface area (Å²) in [5, 5.41) is 11.5. The first-order chi connectivity index (χ1) is 8.54. The smallest absolute Gasteiger partial charge is 0.326 e. The molecule has 2 N–H and O–H groups in total. The van der Waals surface area contributed by atoms with Crippen LogP contribution in [0, 0.1) is 5.92 Å². The van der Waals surface area contributed by atoms with Crippen molar-refractivity contribution in [3.05, 3.63) is 0 Å². The highest BCUT2D eigenvalue weighted by atomic mass is 16.4. The number of hydrogen-bond donors (Lipinski definition) is 2. The van der Waals surface area contributed by atoms with Gasteiger partial charge in [-0.1, -0.05) is 26.2 Å². The summed E-state index contributed by atoms with van der Waals surface area (Å²) >= 11 is 0. The average Bonchev–Trinajstić information content (AvgIpc) is 2.38. The Balaban J connectivity index is 2.51. The molecular formula is C13H21NO4. The van der Waals surface area contributed by atoms with Crippen molar-refractivity contribution in [2.24, 2.45) is 5.92 Å². The lowest BCUT2D eigenvalue weighted by Crippen LogP contribution is -2.45. The average molecular weight is 255 g/mol. The zero-order valence-electron chi connectivity index (χ0n) is 10.8. The summed E-state index contributed by atoms with van der Waals surface area (Å²) in [5.41, 5.74) is 0. The predicted molar refractivity (Wildman–Crippen MR) is 66.1 cm³/mol. The lowest BCUT2D eigenvalue weighted by Gasteiger charge is -2.23. The van der Waals surface area contributed by atoms with Gasteiger partial charge in [0.25, 0.3) is 0 Å². The Morgan fingerprint density at radius 2 is 1.83 bits per heavy atom. The normalized spacial score (nSPS) is 18.1. The van der Waals surface area contributed by atoms with E-state index in [-0.39, 0.29) is 24.0 Å². The molecule has 1 fully saturated rings. The molecule has 1 aliphatic carbocycles. The molecule has 0 spiro atoms. The van der Waals surface area contributed by atoms with Crippen LogP contribution in [0.4, 0.5) is 0 Å². The van der Waals surface area contributed by atoms with Gasteiger partial charge >= 0.3 is 5.97 Å². The monoisotopic (exact) mass is 255 g/mol. The van der Waals surface area contributed by atoms with Crippen LogP contribution in [0.5, 0.6) is 0 Å². The minimum atomic E-state index is -1.14. The van der Waals surface area contributed by atoms with Gasteiger partial charge in [0.05, 0.1) is 0 Å². The summed E-state index contributed by atoms with van der Waals surface area (Å²) < 4.78 is 0. The molecule has 1 unspecified atom stereocenters.